The van der Waals surface area contributed by atoms with Crippen LogP contribution in [0.25, 0.3) is 0 Å². The molecule has 0 aromatic carbocycles. The molecule has 2 heteroatoms. The average Bonchev–Trinajstić information content (AvgIpc) is 2.84. The molecule has 0 amide bonds. The monoisotopic (exact) mass is 250 g/mol. The van der Waals surface area contributed by atoms with E-state index in [9.17, 15) is 0 Å². The highest BCUT2D eigenvalue weighted by molar-refractivity contribution is 5.15. The van der Waals surface area contributed by atoms with Crippen LogP contribution in [-0.4, -0.2) is 11.6 Å². The third kappa shape index (κ3) is 5.26. The van der Waals surface area contributed by atoms with Gasteiger partial charge in [-0.15, -0.1) is 0 Å². The smallest absolute Gasteiger partial charge is 0.0329 e. The maximum atomic E-state index is 3.36. The highest BCUT2D eigenvalue weighted by atomic mass is 14.9. The molecule has 1 unspecified atom stereocenters. The van der Waals surface area contributed by atoms with E-state index in [0.29, 0.717) is 6.04 Å². The minimum Gasteiger partial charge on any atom is -0.354 e. The number of unbranched alkanes of at least 4 members (excludes halogenated alkanes) is 5. The molecule has 0 bridgehead atoms. The molecule has 0 saturated carbocycles. The number of nitrogens with one attached hydrogen (secondary N) is 1. The summed E-state index contributed by atoms with van der Waals surface area (Å²) < 4.78 is 2.34. The summed E-state index contributed by atoms with van der Waals surface area (Å²) in [6.07, 6.45) is 13.9. The van der Waals surface area contributed by atoms with Gasteiger partial charge in [0.1, 0.15) is 0 Å². The van der Waals surface area contributed by atoms with Gasteiger partial charge in [0, 0.05) is 25.0 Å². The van der Waals surface area contributed by atoms with Crippen molar-refractivity contribution in [3.05, 3.63) is 24.0 Å². The summed E-state index contributed by atoms with van der Waals surface area (Å²) in [5.41, 5.74) is 1.42. The zero-order chi connectivity index (χ0) is 13.2. The summed E-state index contributed by atoms with van der Waals surface area (Å²) in [6, 6.07) is 2.76. The fourth-order valence-corrected chi connectivity index (χ4v) is 2.49. The summed E-state index contributed by atoms with van der Waals surface area (Å²) in [6.45, 7) is 5.67. The van der Waals surface area contributed by atoms with Gasteiger partial charge in [0.2, 0.25) is 0 Å². The van der Waals surface area contributed by atoms with E-state index in [-0.39, 0.29) is 0 Å². The van der Waals surface area contributed by atoms with Crippen LogP contribution in [0.5, 0.6) is 0 Å². The van der Waals surface area contributed by atoms with Crippen molar-refractivity contribution in [1.29, 1.82) is 0 Å². The van der Waals surface area contributed by atoms with E-state index in [0.717, 1.165) is 6.42 Å². The molecule has 1 aromatic rings. The van der Waals surface area contributed by atoms with Crippen LogP contribution in [-0.2, 0) is 6.54 Å². The lowest BCUT2D eigenvalue weighted by Crippen LogP contribution is -2.14. The minimum atomic E-state index is 0.510. The van der Waals surface area contributed by atoms with Gasteiger partial charge in [-0.05, 0) is 31.5 Å². The van der Waals surface area contributed by atoms with Crippen LogP contribution >= 0.6 is 0 Å². The molecule has 18 heavy (non-hydrogen) atoms. The first-order chi connectivity index (χ1) is 8.81. The van der Waals surface area contributed by atoms with Crippen LogP contribution in [0, 0.1) is 0 Å². The molecule has 0 spiro atoms. The molecule has 0 radical (unpaired) electrons. The number of nitrogens with zero attached hydrogens (tertiary/aromatic N) is 1. The Hall–Kier alpha value is -0.760. The summed E-state index contributed by atoms with van der Waals surface area (Å²) in [7, 11) is 2.04. The van der Waals surface area contributed by atoms with E-state index < -0.39 is 0 Å². The van der Waals surface area contributed by atoms with E-state index in [1.165, 1.54) is 50.6 Å². The third-order valence-electron chi connectivity index (χ3n) is 3.70. The molecule has 1 aromatic heterocycles. The van der Waals surface area contributed by atoms with Crippen LogP contribution < -0.4 is 5.32 Å². The number of hydrogen-bond acceptors (Lipinski definition) is 1. The van der Waals surface area contributed by atoms with E-state index in [1.807, 2.05) is 7.05 Å². The van der Waals surface area contributed by atoms with E-state index in [4.69, 9.17) is 0 Å². The molecule has 0 aliphatic heterocycles. The lowest BCUT2D eigenvalue weighted by molar-refractivity contribution is 0.552. The summed E-state index contributed by atoms with van der Waals surface area (Å²) in [5.74, 6) is 0. The van der Waals surface area contributed by atoms with Gasteiger partial charge in [0.15, 0.2) is 0 Å². The Kier molecular flexibility index (Phi) is 7.83. The quantitative estimate of drug-likeness (QED) is 0.604. The molecule has 1 N–H and O–H groups in total. The Morgan fingerprint density at radius 2 is 1.83 bits per heavy atom. The van der Waals surface area contributed by atoms with E-state index >= 15 is 0 Å². The van der Waals surface area contributed by atoms with Crippen molar-refractivity contribution >= 4 is 0 Å². The van der Waals surface area contributed by atoms with E-state index in [1.54, 1.807) is 0 Å². The van der Waals surface area contributed by atoms with Gasteiger partial charge in [-0.25, -0.2) is 0 Å². The van der Waals surface area contributed by atoms with Crippen molar-refractivity contribution in [3.63, 3.8) is 0 Å². The van der Waals surface area contributed by atoms with Gasteiger partial charge in [-0.3, -0.25) is 0 Å². The third-order valence-corrected chi connectivity index (χ3v) is 3.70. The molecule has 2 nitrogen and oxygen atoms in total. The number of rotatable bonds is 10. The average molecular weight is 250 g/mol. The van der Waals surface area contributed by atoms with Gasteiger partial charge in [0.05, 0.1) is 0 Å². The Morgan fingerprint density at radius 1 is 1.11 bits per heavy atom. The number of aryl methyl sites for hydroxylation is 1. The zero-order valence-electron chi connectivity index (χ0n) is 12.4. The maximum absolute atomic E-state index is 3.36. The second kappa shape index (κ2) is 9.21. The molecular weight excluding hydrogens is 220 g/mol. The van der Waals surface area contributed by atoms with Crippen LogP contribution in [0.4, 0.5) is 0 Å². The normalized spacial score (nSPS) is 12.8. The highest BCUT2D eigenvalue weighted by Gasteiger charge is 2.07. The minimum absolute atomic E-state index is 0.510. The first-order valence-electron chi connectivity index (χ1n) is 7.64. The number of hydrogen-bond donors (Lipinski definition) is 1. The predicted molar refractivity (Wildman–Crippen MR) is 79.9 cm³/mol. The second-order valence-electron chi connectivity index (χ2n) is 5.20. The van der Waals surface area contributed by atoms with Gasteiger partial charge < -0.3 is 9.88 Å². The van der Waals surface area contributed by atoms with Crippen LogP contribution in [0.15, 0.2) is 18.5 Å². The van der Waals surface area contributed by atoms with Crippen molar-refractivity contribution in [2.75, 3.05) is 7.05 Å². The molecule has 1 atom stereocenters. The van der Waals surface area contributed by atoms with Crippen molar-refractivity contribution in [2.24, 2.45) is 0 Å². The van der Waals surface area contributed by atoms with E-state index in [2.05, 4.69) is 42.2 Å². The summed E-state index contributed by atoms with van der Waals surface area (Å²) in [4.78, 5) is 0. The van der Waals surface area contributed by atoms with Gasteiger partial charge in [-0.2, -0.15) is 0 Å². The molecule has 0 aliphatic rings. The molecule has 0 saturated heterocycles. The summed E-state index contributed by atoms with van der Waals surface area (Å²) >= 11 is 0. The maximum Gasteiger partial charge on any atom is 0.0329 e. The molecule has 0 fully saturated rings. The first-order valence-corrected chi connectivity index (χ1v) is 7.64. The lowest BCUT2D eigenvalue weighted by atomic mass is 10.1. The van der Waals surface area contributed by atoms with Crippen LogP contribution in [0.2, 0.25) is 0 Å². The predicted octanol–water partition coefficient (Wildman–Crippen LogP) is 4.52. The van der Waals surface area contributed by atoms with Gasteiger partial charge >= 0.3 is 0 Å². The fourth-order valence-electron chi connectivity index (χ4n) is 2.49. The standard InChI is InChI=1S/C16H30N2/c1-4-6-7-8-9-10-12-18-13-11-15(14-18)16(5-2)17-3/h11,13-14,16-17H,4-10,12H2,1-3H3. The molecule has 104 valence electrons. The lowest BCUT2D eigenvalue weighted by Gasteiger charge is -2.11. The van der Waals surface area contributed by atoms with Gasteiger partial charge in [-0.1, -0.05) is 46.0 Å². The Morgan fingerprint density at radius 3 is 2.50 bits per heavy atom. The topological polar surface area (TPSA) is 17.0 Å². The van der Waals surface area contributed by atoms with Crippen molar-refractivity contribution < 1.29 is 0 Å². The van der Waals surface area contributed by atoms with Gasteiger partial charge in [0.25, 0.3) is 0 Å². The zero-order valence-corrected chi connectivity index (χ0v) is 12.4. The van der Waals surface area contributed by atoms with Crippen molar-refractivity contribution in [1.82, 2.24) is 9.88 Å². The molecular formula is C16H30N2. The first kappa shape index (κ1) is 15.3. The second-order valence-corrected chi connectivity index (χ2v) is 5.20. The van der Waals surface area contributed by atoms with Crippen LogP contribution in [0.1, 0.15) is 70.4 Å². The fraction of sp³-hybridized carbons (Fsp3) is 0.750. The van der Waals surface area contributed by atoms with Crippen molar-refractivity contribution in [2.45, 2.75) is 71.4 Å². The Balaban J connectivity index is 2.23. The highest BCUT2D eigenvalue weighted by Crippen LogP contribution is 2.16. The Labute approximate surface area is 113 Å². The largest absolute Gasteiger partial charge is 0.354 e. The summed E-state index contributed by atoms with van der Waals surface area (Å²) in [5, 5.41) is 3.36. The molecule has 1 heterocycles. The van der Waals surface area contributed by atoms with Crippen molar-refractivity contribution in [3.8, 4) is 0 Å². The molecule has 1 rings (SSSR count). The van der Waals surface area contributed by atoms with Crippen LogP contribution in [0.3, 0.4) is 0 Å². The SMILES string of the molecule is CCCCCCCCn1ccc(C(CC)NC)c1. The number of aromatic nitrogens is 1. The molecule has 0 aliphatic carbocycles. The Bertz CT molecular complexity index is 300.